The van der Waals surface area contributed by atoms with Gasteiger partial charge in [0, 0.05) is 49.7 Å². The molecule has 4 heterocycles. The average molecular weight is 1180 g/mol. The molecule has 35 heteroatoms. The molecule has 5 rings (SSSR count). The number of non-ortho nitro benzene ring substituents is 1. The molecule has 1 aromatic carbocycles. The van der Waals surface area contributed by atoms with E-state index >= 15 is 0 Å². The molecule has 0 radical (unpaired) electrons. The van der Waals surface area contributed by atoms with E-state index in [0.717, 1.165) is 86.9 Å². The number of nitrogens with two attached hydrogens (primary N) is 1. The van der Waals surface area contributed by atoms with Crippen molar-refractivity contribution >= 4 is 91.5 Å². The van der Waals surface area contributed by atoms with Crippen LogP contribution < -0.4 is 21.7 Å². The van der Waals surface area contributed by atoms with Gasteiger partial charge in [-0.2, -0.15) is 4.31 Å². The first-order valence-electron chi connectivity index (χ1n) is 25.1. The van der Waals surface area contributed by atoms with Crippen LogP contribution in [0.4, 0.5) is 17.2 Å². The first-order chi connectivity index (χ1) is 36.9. The maximum atomic E-state index is 12.8. The summed E-state index contributed by atoms with van der Waals surface area (Å²) in [6, 6.07) is 3.02. The fourth-order valence-electron chi connectivity index (χ4n) is 8.07. The molecule has 436 valence electrons. The minimum Gasteiger partial charge on any atom is -0.386 e. The number of aliphatic hydroxyl groups excluding tert-OH is 2. The Balaban J connectivity index is 0.849. The van der Waals surface area contributed by atoms with Crippen LogP contribution in [-0.4, -0.2) is 144 Å². The summed E-state index contributed by atoms with van der Waals surface area (Å²) in [6.07, 6.45) is 7.72. The summed E-state index contributed by atoms with van der Waals surface area (Å²) >= 11 is 1.13. The highest BCUT2D eigenvalue weighted by Gasteiger charge is 2.50. The van der Waals surface area contributed by atoms with Crippen LogP contribution in [0.3, 0.4) is 0 Å². The minimum absolute atomic E-state index is 0.0256. The van der Waals surface area contributed by atoms with E-state index in [1.54, 1.807) is 6.07 Å². The van der Waals surface area contributed by atoms with E-state index in [4.69, 9.17) is 24.1 Å². The van der Waals surface area contributed by atoms with Gasteiger partial charge in [-0.3, -0.25) is 42.6 Å². The van der Waals surface area contributed by atoms with Gasteiger partial charge in [-0.25, -0.2) is 33.3 Å². The Morgan fingerprint density at radius 2 is 1.47 bits per heavy atom. The van der Waals surface area contributed by atoms with Crippen LogP contribution in [0.25, 0.3) is 22.2 Å². The van der Waals surface area contributed by atoms with Crippen LogP contribution in [0.2, 0.25) is 0 Å². The predicted octanol–water partition coefficient (Wildman–Crippen LogP) is 4.68. The number of rotatable bonds is 37. The number of carbonyl (C=O) groups excluding carboxylic acids is 3. The smallest absolute Gasteiger partial charge is 0.386 e. The fraction of sp³-hybridized carbons (Fsp3) is 0.674. The van der Waals surface area contributed by atoms with Gasteiger partial charge in [-0.1, -0.05) is 96.2 Å². The number of aromatic nitrogens is 6. The number of phosphoric acid groups is 3. The fourth-order valence-corrected chi connectivity index (χ4v) is 11.6. The van der Waals surface area contributed by atoms with E-state index in [-0.39, 0.29) is 52.8 Å². The number of nitro groups is 1. The van der Waals surface area contributed by atoms with Crippen molar-refractivity contribution in [2.75, 3.05) is 49.7 Å². The number of nitrogens with zero attached hydrogens (tertiary/aromatic N) is 7. The van der Waals surface area contributed by atoms with Gasteiger partial charge in [0.2, 0.25) is 17.3 Å². The normalized spacial score (nSPS) is 18.9. The number of hydrogen-bond donors (Lipinski definition) is 10. The van der Waals surface area contributed by atoms with Gasteiger partial charge in [0.15, 0.2) is 28.3 Å². The summed E-state index contributed by atoms with van der Waals surface area (Å²) in [5.41, 5.74) is 5.27. The number of imidazole rings is 1. The number of ether oxygens (including phenoxy) is 1. The Hall–Kier alpha value is -4.62. The molecule has 0 saturated carbocycles. The Bertz CT molecular complexity index is 2770. The molecule has 3 aromatic heterocycles. The molecule has 0 bridgehead atoms. The van der Waals surface area contributed by atoms with Gasteiger partial charge in [-0.05, 0) is 29.2 Å². The summed E-state index contributed by atoms with van der Waals surface area (Å²) in [4.78, 5) is 99.3. The average Bonchev–Trinajstić information content (AvgIpc) is 4.16. The molecule has 1 fully saturated rings. The minimum atomic E-state index is -5.59. The number of phosphoric ester groups is 3. The van der Waals surface area contributed by atoms with Crippen LogP contribution in [0.5, 0.6) is 0 Å². The molecular formula is C43H68N11O20P3S. The van der Waals surface area contributed by atoms with Crippen molar-refractivity contribution in [1.82, 2.24) is 40.5 Å². The first kappa shape index (κ1) is 64.2. The number of carbonyl (C=O) groups is 3. The lowest BCUT2D eigenvalue weighted by molar-refractivity contribution is -0.383. The number of aliphatic hydroxyl groups is 2. The maximum absolute atomic E-state index is 12.8. The van der Waals surface area contributed by atoms with E-state index in [1.165, 1.54) is 52.0 Å². The van der Waals surface area contributed by atoms with E-state index in [0.29, 0.717) is 23.4 Å². The highest BCUT2D eigenvalue weighted by atomic mass is 32.2. The molecular weight excluding hydrogens is 1120 g/mol. The number of hydrogen-bond acceptors (Lipinski definition) is 24. The third-order valence-corrected chi connectivity index (χ3v) is 16.3. The van der Waals surface area contributed by atoms with Gasteiger partial charge in [0.1, 0.15) is 36.3 Å². The Kier molecular flexibility index (Phi) is 24.9. The molecule has 2 amide bonds. The third kappa shape index (κ3) is 20.5. The zero-order chi connectivity index (χ0) is 57.1. The van der Waals surface area contributed by atoms with E-state index in [2.05, 4.69) is 50.1 Å². The van der Waals surface area contributed by atoms with Crippen LogP contribution in [0.1, 0.15) is 116 Å². The molecule has 7 atom stereocenters. The van der Waals surface area contributed by atoms with Crippen molar-refractivity contribution < 1.29 is 90.0 Å². The lowest BCUT2D eigenvalue weighted by Gasteiger charge is -2.30. The molecule has 3 unspecified atom stereocenters. The van der Waals surface area contributed by atoms with Crippen molar-refractivity contribution in [1.29, 1.82) is 0 Å². The number of fused-ring (bicyclic) bond motifs is 2. The summed E-state index contributed by atoms with van der Waals surface area (Å²) in [7, 11) is -16.5. The molecule has 0 spiro atoms. The van der Waals surface area contributed by atoms with Crippen molar-refractivity contribution in [3.05, 3.63) is 34.9 Å². The maximum Gasteiger partial charge on any atom is 0.481 e. The number of thioether (sulfide) groups is 1. The van der Waals surface area contributed by atoms with Crippen molar-refractivity contribution in [3.8, 4) is 0 Å². The molecule has 1 aliphatic rings. The van der Waals surface area contributed by atoms with E-state index in [1.807, 2.05) is 0 Å². The van der Waals surface area contributed by atoms with Crippen LogP contribution >= 0.6 is 35.2 Å². The molecule has 31 nitrogen and oxygen atoms in total. The molecule has 4 aromatic rings. The molecule has 1 saturated heterocycles. The van der Waals surface area contributed by atoms with Crippen LogP contribution in [0.15, 0.2) is 29.4 Å². The van der Waals surface area contributed by atoms with E-state index < -0.39 is 89.5 Å². The zero-order valence-corrected chi connectivity index (χ0v) is 46.4. The highest BCUT2D eigenvalue weighted by Crippen LogP contribution is 2.61. The SMILES string of the molecule is CC(C)(COP(=O)(O)OP(=O)(O)OC[C@H]1O[C@@H](n2cnc3c(N)ncnc32)[C@@H](O)C1OP(=O)(O)O)[C@@H](O)C(=O)NCCC(=O)NCCSC(=O)CCCCCCCCCCCCCCCNc1ccc([N+](=O)[O-])c2nonc12. The molecule has 78 heavy (non-hydrogen) atoms. The second-order valence-corrected chi connectivity index (χ2v) is 24.3. The van der Waals surface area contributed by atoms with Crippen molar-refractivity contribution in [2.24, 2.45) is 5.41 Å². The monoisotopic (exact) mass is 1180 g/mol. The van der Waals surface area contributed by atoms with Gasteiger partial charge < -0.3 is 56.2 Å². The first-order valence-corrected chi connectivity index (χ1v) is 30.6. The lowest BCUT2D eigenvalue weighted by Crippen LogP contribution is -2.46. The summed E-state index contributed by atoms with van der Waals surface area (Å²) < 4.78 is 67.2. The van der Waals surface area contributed by atoms with Gasteiger partial charge >= 0.3 is 29.2 Å². The Morgan fingerprint density at radius 1 is 0.846 bits per heavy atom. The second kappa shape index (κ2) is 30.3. The van der Waals surface area contributed by atoms with Crippen LogP contribution in [-0.2, 0) is 50.7 Å². The zero-order valence-electron chi connectivity index (χ0n) is 42.9. The molecule has 0 aliphatic carbocycles. The Morgan fingerprint density at radius 3 is 2.13 bits per heavy atom. The van der Waals surface area contributed by atoms with Gasteiger partial charge in [0.05, 0.1) is 30.2 Å². The van der Waals surface area contributed by atoms with Crippen molar-refractivity contribution in [2.45, 2.75) is 141 Å². The lowest BCUT2D eigenvalue weighted by atomic mass is 9.87. The number of nitrogens with one attached hydrogen (secondary N) is 3. The summed E-state index contributed by atoms with van der Waals surface area (Å²) in [5, 5.41) is 48.5. The van der Waals surface area contributed by atoms with E-state index in [9.17, 15) is 68.0 Å². The quantitative estimate of drug-likeness (QED) is 0.0127. The number of anilines is 2. The van der Waals surface area contributed by atoms with Crippen LogP contribution in [0, 0.1) is 15.5 Å². The number of nitro benzene ring substituents is 1. The number of nitrogen functional groups attached to an aromatic ring is 1. The standard InChI is InChI=1S/C43H68N11O20P3S/c1-43(2,25-70-77(67,68)74-76(65,66)69-24-30-37(72-75(62,63)64)36(57)42(71-30)53-27-50-35-39(44)48-26-49-40(35)53)38(58)41(59)47-21-19-31(55)46-22-23-78-32(56)16-14-12-10-8-6-4-3-5-7-9-11-13-15-20-45-28-17-18-29(54(60)61)34-33(28)51-73-52-34/h17-18,26-27,30,36-38,42,45,57-58H,3-16,19-25H2,1-2H3,(H,46,55)(H,47,59)(H,65,66)(H,67,68)(H2,44,48,49)(H2,62,63,64)/t30-,36+,37?,38+,42-/m1/s1. The van der Waals surface area contributed by atoms with Gasteiger partial charge in [-0.15, -0.1) is 0 Å². The topological polar surface area (TPSA) is 458 Å². The van der Waals surface area contributed by atoms with Crippen molar-refractivity contribution in [3.63, 3.8) is 0 Å². The highest BCUT2D eigenvalue weighted by molar-refractivity contribution is 8.13. The summed E-state index contributed by atoms with van der Waals surface area (Å²) in [6.45, 7) is 1.20. The molecule has 1 aliphatic heterocycles. The summed E-state index contributed by atoms with van der Waals surface area (Å²) in [5.74, 6) is -1.10. The second-order valence-electron chi connectivity index (χ2n) is 18.9. The number of benzene rings is 1. The largest absolute Gasteiger partial charge is 0.481 e. The third-order valence-electron chi connectivity index (χ3n) is 12.2. The number of unbranched alkanes of at least 4 members (excludes halogenated alkanes) is 12. The number of amides is 2. The predicted molar refractivity (Wildman–Crippen MR) is 279 cm³/mol. The molecule has 11 N–H and O–H groups in total. The Labute approximate surface area is 451 Å². The van der Waals surface area contributed by atoms with Gasteiger partial charge in [0.25, 0.3) is 0 Å².